The van der Waals surface area contributed by atoms with Gasteiger partial charge in [-0.05, 0) is 0 Å². The molecule has 8 heavy (non-hydrogen) atoms. The number of unbranched alkanes of at least 4 members (excludes halogenated alkanes) is 3. The van der Waals surface area contributed by atoms with Crippen LogP contribution in [0.25, 0.3) is 0 Å². The van der Waals surface area contributed by atoms with E-state index in [1.807, 2.05) is 0 Å². The van der Waals surface area contributed by atoms with Crippen molar-refractivity contribution < 1.29 is 2.85 Å². The molecule has 0 saturated carbocycles. The first-order valence-electron chi connectivity index (χ1n) is 2.91. The summed E-state index contributed by atoms with van der Waals surface area (Å²) in [6.45, 7) is 4.46. The van der Waals surface area contributed by atoms with Gasteiger partial charge in [0.25, 0.3) is 0 Å². The number of hydrogen-bond donors (Lipinski definition) is 1. The first kappa shape index (κ1) is 16.1. The molecule has 50 valence electrons. The summed E-state index contributed by atoms with van der Waals surface area (Å²) >= 11 is 0. The van der Waals surface area contributed by atoms with Gasteiger partial charge in [-0.2, -0.15) is 0 Å². The van der Waals surface area contributed by atoms with E-state index >= 15 is 0 Å². The SMILES string of the molecule is CCCCCC.N.[Ca+2].[H-].[H-]. The van der Waals surface area contributed by atoms with Crippen LogP contribution in [0.2, 0.25) is 0 Å². The van der Waals surface area contributed by atoms with Crippen molar-refractivity contribution in [2.24, 2.45) is 0 Å². The Morgan fingerprint density at radius 2 is 1.25 bits per heavy atom. The Balaban J connectivity index is -0.0000000208. The topological polar surface area (TPSA) is 35.0 Å². The molecule has 2 heteroatoms. The first-order chi connectivity index (χ1) is 2.91. The minimum atomic E-state index is 0. The van der Waals surface area contributed by atoms with Crippen LogP contribution in [0.5, 0.6) is 0 Å². The molecular weight excluding hydrogens is 126 g/mol. The smallest absolute Gasteiger partial charge is 1.00 e. The molecule has 0 atom stereocenters. The molecule has 0 aromatic heterocycles. The molecule has 0 rings (SSSR count). The summed E-state index contributed by atoms with van der Waals surface area (Å²) in [5.41, 5.74) is 0. The molecule has 0 fully saturated rings. The standard InChI is InChI=1S/C6H14.Ca.H3N.2H/c1-3-5-6-4-2;;;;/h3-6H2,1-2H3;;1H3;;/q;+2;;2*-1. The molecule has 0 radical (unpaired) electrons. The van der Waals surface area contributed by atoms with Gasteiger partial charge in [-0.25, -0.2) is 0 Å². The largest absolute Gasteiger partial charge is 2.00 e. The maximum absolute atomic E-state index is 2.23. The van der Waals surface area contributed by atoms with Crippen LogP contribution in [-0.2, 0) is 0 Å². The second-order valence-electron chi connectivity index (χ2n) is 1.71. The van der Waals surface area contributed by atoms with E-state index < -0.39 is 0 Å². The monoisotopic (exact) mass is 145 g/mol. The number of hydrogen-bond acceptors (Lipinski definition) is 1. The molecule has 0 unspecified atom stereocenters. The summed E-state index contributed by atoms with van der Waals surface area (Å²) in [4.78, 5) is 0. The molecular formula is C6H19CaN. The molecule has 0 amide bonds. The third kappa shape index (κ3) is 15.7. The van der Waals surface area contributed by atoms with E-state index in [-0.39, 0.29) is 46.7 Å². The van der Waals surface area contributed by atoms with E-state index in [1.54, 1.807) is 0 Å². The van der Waals surface area contributed by atoms with Gasteiger partial charge in [-0.1, -0.05) is 39.5 Å². The van der Waals surface area contributed by atoms with Crippen molar-refractivity contribution in [3.8, 4) is 0 Å². The van der Waals surface area contributed by atoms with E-state index in [2.05, 4.69) is 13.8 Å². The summed E-state index contributed by atoms with van der Waals surface area (Å²) in [7, 11) is 0. The normalized spacial score (nSPS) is 6.75. The summed E-state index contributed by atoms with van der Waals surface area (Å²) in [5.74, 6) is 0. The van der Waals surface area contributed by atoms with Crippen molar-refractivity contribution in [3.63, 3.8) is 0 Å². The Morgan fingerprint density at radius 1 is 1.00 bits per heavy atom. The molecule has 0 spiro atoms. The van der Waals surface area contributed by atoms with Crippen LogP contribution < -0.4 is 6.15 Å². The summed E-state index contributed by atoms with van der Waals surface area (Å²) in [6.07, 6.45) is 5.54. The summed E-state index contributed by atoms with van der Waals surface area (Å²) in [5, 5.41) is 0. The first-order valence-corrected chi connectivity index (χ1v) is 2.91. The van der Waals surface area contributed by atoms with Gasteiger partial charge in [0.05, 0.1) is 0 Å². The Hall–Kier alpha value is 1.22. The van der Waals surface area contributed by atoms with Crippen molar-refractivity contribution in [2.45, 2.75) is 39.5 Å². The average molecular weight is 145 g/mol. The van der Waals surface area contributed by atoms with Crippen molar-refractivity contribution in [2.75, 3.05) is 0 Å². The van der Waals surface area contributed by atoms with Crippen LogP contribution in [0.1, 0.15) is 42.4 Å². The molecule has 0 bridgehead atoms. The fraction of sp³-hybridized carbons (Fsp3) is 1.00. The van der Waals surface area contributed by atoms with Crippen molar-refractivity contribution >= 4 is 37.7 Å². The minimum Gasteiger partial charge on any atom is -1.00 e. The second-order valence-corrected chi connectivity index (χ2v) is 1.71. The zero-order valence-electron chi connectivity index (χ0n) is 8.24. The van der Waals surface area contributed by atoms with Crippen LogP contribution in [0, 0.1) is 0 Å². The van der Waals surface area contributed by atoms with Crippen LogP contribution in [-0.4, -0.2) is 37.7 Å². The third-order valence-corrected chi connectivity index (χ3v) is 0.957. The van der Waals surface area contributed by atoms with Crippen LogP contribution >= 0.6 is 0 Å². The van der Waals surface area contributed by atoms with E-state index in [9.17, 15) is 0 Å². The van der Waals surface area contributed by atoms with Gasteiger partial charge in [-0.15, -0.1) is 0 Å². The Bertz CT molecular complexity index is 27.7. The second kappa shape index (κ2) is 15.7. The fourth-order valence-corrected chi connectivity index (χ4v) is 0.500. The van der Waals surface area contributed by atoms with Crippen LogP contribution in [0.15, 0.2) is 0 Å². The molecule has 1 nitrogen and oxygen atoms in total. The average Bonchev–Trinajstić information content (AvgIpc) is 1.61. The van der Waals surface area contributed by atoms with Crippen molar-refractivity contribution in [3.05, 3.63) is 0 Å². The van der Waals surface area contributed by atoms with Gasteiger partial charge in [0.2, 0.25) is 0 Å². The molecule has 0 aliphatic heterocycles. The van der Waals surface area contributed by atoms with Gasteiger partial charge in [-0.3, -0.25) is 0 Å². The molecule has 0 aromatic carbocycles. The predicted molar refractivity (Wildman–Crippen MR) is 42.8 cm³/mol. The van der Waals surface area contributed by atoms with Crippen molar-refractivity contribution in [1.29, 1.82) is 0 Å². The molecule has 0 saturated heterocycles. The summed E-state index contributed by atoms with van der Waals surface area (Å²) < 4.78 is 0. The third-order valence-electron chi connectivity index (χ3n) is 0.957. The maximum Gasteiger partial charge on any atom is 2.00 e. The van der Waals surface area contributed by atoms with Gasteiger partial charge < -0.3 is 9.00 Å². The molecule has 0 heterocycles. The zero-order valence-corrected chi connectivity index (χ0v) is 8.45. The van der Waals surface area contributed by atoms with Gasteiger partial charge >= 0.3 is 37.7 Å². The zero-order chi connectivity index (χ0) is 4.83. The van der Waals surface area contributed by atoms with Crippen LogP contribution in [0.3, 0.4) is 0 Å². The minimum absolute atomic E-state index is 0. The quantitative estimate of drug-likeness (QED) is 0.481. The molecule has 3 N–H and O–H groups in total. The number of rotatable bonds is 3. The van der Waals surface area contributed by atoms with E-state index in [0.717, 1.165) is 0 Å². The Labute approximate surface area is 85.8 Å². The van der Waals surface area contributed by atoms with Crippen molar-refractivity contribution in [1.82, 2.24) is 6.15 Å². The maximum atomic E-state index is 2.23. The van der Waals surface area contributed by atoms with Gasteiger partial charge in [0.1, 0.15) is 0 Å². The Kier molecular flexibility index (Phi) is 31.7. The fourth-order valence-electron chi connectivity index (χ4n) is 0.500. The molecule has 0 aliphatic rings. The van der Waals surface area contributed by atoms with Gasteiger partial charge in [0.15, 0.2) is 0 Å². The van der Waals surface area contributed by atoms with E-state index in [0.29, 0.717) is 0 Å². The molecule has 0 aromatic rings. The molecule has 0 aliphatic carbocycles. The van der Waals surface area contributed by atoms with E-state index in [4.69, 9.17) is 0 Å². The predicted octanol–water partition coefficient (Wildman–Crippen LogP) is 2.59. The summed E-state index contributed by atoms with van der Waals surface area (Å²) in [6, 6.07) is 0. The van der Waals surface area contributed by atoms with Gasteiger partial charge in [0, 0.05) is 0 Å². The Morgan fingerprint density at radius 3 is 1.38 bits per heavy atom. The van der Waals surface area contributed by atoms with Crippen LogP contribution in [0.4, 0.5) is 0 Å². The van der Waals surface area contributed by atoms with E-state index in [1.165, 1.54) is 25.7 Å².